The Hall–Kier alpha value is -0.970. The van der Waals surface area contributed by atoms with Crippen LogP contribution in [0.25, 0.3) is 0 Å². The van der Waals surface area contributed by atoms with Crippen LogP contribution in [0, 0.1) is 17.3 Å². The van der Waals surface area contributed by atoms with Gasteiger partial charge in [0.1, 0.15) is 0 Å². The van der Waals surface area contributed by atoms with Crippen molar-refractivity contribution in [1.82, 2.24) is 0 Å². The number of carbonyl (C=O) groups is 1. The number of ether oxygens (including phenoxy) is 1. The minimum absolute atomic E-state index is 0.0762. The Balaban J connectivity index is 2.72. The highest BCUT2D eigenvalue weighted by atomic mass is 16.5. The van der Waals surface area contributed by atoms with E-state index in [-0.39, 0.29) is 11.4 Å². The molecular weight excluding hydrogens is 164 g/mol. The fourth-order valence-electron chi connectivity index (χ4n) is 1.98. The normalized spacial score (nSPS) is 18.9. The lowest BCUT2D eigenvalue weighted by Gasteiger charge is -2.22. The van der Waals surface area contributed by atoms with E-state index < -0.39 is 0 Å². The molecule has 0 aromatic carbocycles. The highest BCUT2D eigenvalue weighted by Gasteiger charge is 2.41. The van der Waals surface area contributed by atoms with Gasteiger partial charge in [-0.15, -0.1) is 11.8 Å². The van der Waals surface area contributed by atoms with E-state index in [1.807, 2.05) is 0 Å². The predicted molar refractivity (Wildman–Crippen MR) is 51.0 cm³/mol. The summed E-state index contributed by atoms with van der Waals surface area (Å²) in [5.74, 6) is 5.76. The lowest BCUT2D eigenvalue weighted by Crippen LogP contribution is -2.28. The van der Waals surface area contributed by atoms with Gasteiger partial charge in [-0.05, 0) is 19.8 Å². The quantitative estimate of drug-likeness (QED) is 0.480. The zero-order valence-electron chi connectivity index (χ0n) is 8.35. The van der Waals surface area contributed by atoms with Gasteiger partial charge < -0.3 is 4.74 Å². The molecule has 1 saturated carbocycles. The third-order valence-electron chi connectivity index (χ3n) is 2.78. The summed E-state index contributed by atoms with van der Waals surface area (Å²) in [4.78, 5) is 11.6. The SMILES string of the molecule is CC#CCC1(C(=O)OC)CCCC1. The smallest absolute Gasteiger partial charge is 0.312 e. The second kappa shape index (κ2) is 4.32. The van der Waals surface area contributed by atoms with E-state index in [1.54, 1.807) is 6.92 Å². The summed E-state index contributed by atoms with van der Waals surface area (Å²) >= 11 is 0. The molecule has 0 radical (unpaired) electrons. The van der Waals surface area contributed by atoms with Gasteiger partial charge in [-0.1, -0.05) is 12.8 Å². The van der Waals surface area contributed by atoms with Crippen molar-refractivity contribution in [1.29, 1.82) is 0 Å². The van der Waals surface area contributed by atoms with Crippen molar-refractivity contribution < 1.29 is 9.53 Å². The summed E-state index contributed by atoms with van der Waals surface area (Å²) in [6.07, 6.45) is 4.79. The highest BCUT2D eigenvalue weighted by Crippen LogP contribution is 2.41. The zero-order chi connectivity index (χ0) is 9.73. The van der Waals surface area contributed by atoms with Crippen molar-refractivity contribution in [3.63, 3.8) is 0 Å². The third kappa shape index (κ3) is 2.03. The third-order valence-corrected chi connectivity index (χ3v) is 2.78. The highest BCUT2D eigenvalue weighted by molar-refractivity contribution is 5.77. The standard InChI is InChI=1S/C11H16O2/c1-3-4-7-11(10(12)13-2)8-5-6-9-11/h5-9H2,1-2H3. The van der Waals surface area contributed by atoms with Gasteiger partial charge >= 0.3 is 5.97 Å². The maximum absolute atomic E-state index is 11.6. The van der Waals surface area contributed by atoms with Crippen molar-refractivity contribution in [2.24, 2.45) is 5.41 Å². The molecule has 1 rings (SSSR count). The Labute approximate surface area is 79.7 Å². The fraction of sp³-hybridized carbons (Fsp3) is 0.727. The van der Waals surface area contributed by atoms with Crippen LogP contribution in [0.4, 0.5) is 0 Å². The Morgan fingerprint density at radius 2 is 2.08 bits per heavy atom. The molecule has 0 amide bonds. The monoisotopic (exact) mass is 180 g/mol. The lowest BCUT2D eigenvalue weighted by atomic mass is 9.83. The number of methoxy groups -OCH3 is 1. The molecule has 1 aliphatic rings. The van der Waals surface area contributed by atoms with Crippen LogP contribution >= 0.6 is 0 Å². The van der Waals surface area contributed by atoms with E-state index >= 15 is 0 Å². The summed E-state index contributed by atoms with van der Waals surface area (Å²) < 4.78 is 4.83. The van der Waals surface area contributed by atoms with Crippen molar-refractivity contribution in [2.45, 2.75) is 39.0 Å². The largest absolute Gasteiger partial charge is 0.469 e. The minimum atomic E-state index is -0.280. The maximum Gasteiger partial charge on any atom is 0.312 e. The molecule has 0 saturated heterocycles. The number of hydrogen-bond donors (Lipinski definition) is 0. The molecule has 0 bridgehead atoms. The van der Waals surface area contributed by atoms with Crippen molar-refractivity contribution >= 4 is 5.97 Å². The number of hydrogen-bond acceptors (Lipinski definition) is 2. The summed E-state index contributed by atoms with van der Waals surface area (Å²) in [5, 5.41) is 0. The van der Waals surface area contributed by atoms with Crippen LogP contribution in [0.5, 0.6) is 0 Å². The molecule has 0 aromatic rings. The maximum atomic E-state index is 11.6. The Morgan fingerprint density at radius 1 is 1.46 bits per heavy atom. The van der Waals surface area contributed by atoms with Crippen LogP contribution in [0.3, 0.4) is 0 Å². The van der Waals surface area contributed by atoms with E-state index in [1.165, 1.54) is 7.11 Å². The molecule has 1 aliphatic carbocycles. The number of carbonyl (C=O) groups excluding carboxylic acids is 1. The average Bonchev–Trinajstić information content (AvgIpc) is 2.63. The van der Waals surface area contributed by atoms with Gasteiger partial charge in [-0.25, -0.2) is 0 Å². The van der Waals surface area contributed by atoms with Gasteiger partial charge in [0.25, 0.3) is 0 Å². The van der Waals surface area contributed by atoms with Crippen LogP contribution in [-0.4, -0.2) is 13.1 Å². The van der Waals surface area contributed by atoms with Gasteiger partial charge in [0.2, 0.25) is 0 Å². The average molecular weight is 180 g/mol. The zero-order valence-corrected chi connectivity index (χ0v) is 8.35. The summed E-state index contributed by atoms with van der Waals surface area (Å²) in [5.41, 5.74) is -0.280. The van der Waals surface area contributed by atoms with Crippen LogP contribution in [-0.2, 0) is 9.53 Å². The first-order chi connectivity index (χ1) is 6.25. The van der Waals surface area contributed by atoms with Crippen LogP contribution in [0.15, 0.2) is 0 Å². The Kier molecular flexibility index (Phi) is 3.36. The van der Waals surface area contributed by atoms with E-state index in [0.717, 1.165) is 25.7 Å². The molecule has 0 unspecified atom stereocenters. The Morgan fingerprint density at radius 3 is 2.54 bits per heavy atom. The van der Waals surface area contributed by atoms with Crippen LogP contribution < -0.4 is 0 Å². The second-order valence-corrected chi connectivity index (χ2v) is 3.58. The van der Waals surface area contributed by atoms with Gasteiger partial charge in [0, 0.05) is 6.42 Å². The molecule has 0 heterocycles. The van der Waals surface area contributed by atoms with E-state index in [9.17, 15) is 4.79 Å². The van der Waals surface area contributed by atoms with Crippen LogP contribution in [0.1, 0.15) is 39.0 Å². The summed E-state index contributed by atoms with van der Waals surface area (Å²) in [6, 6.07) is 0. The van der Waals surface area contributed by atoms with Crippen molar-refractivity contribution in [2.75, 3.05) is 7.11 Å². The number of rotatable bonds is 2. The second-order valence-electron chi connectivity index (χ2n) is 3.58. The summed E-state index contributed by atoms with van der Waals surface area (Å²) in [6.45, 7) is 1.81. The lowest BCUT2D eigenvalue weighted by molar-refractivity contribution is -0.152. The molecule has 0 aliphatic heterocycles. The van der Waals surface area contributed by atoms with E-state index in [2.05, 4.69) is 11.8 Å². The molecule has 13 heavy (non-hydrogen) atoms. The minimum Gasteiger partial charge on any atom is -0.469 e. The fourth-order valence-corrected chi connectivity index (χ4v) is 1.98. The molecule has 2 heteroatoms. The first kappa shape index (κ1) is 10.1. The van der Waals surface area contributed by atoms with Gasteiger partial charge in [0.15, 0.2) is 0 Å². The van der Waals surface area contributed by atoms with Gasteiger partial charge in [-0.3, -0.25) is 4.79 Å². The molecule has 0 N–H and O–H groups in total. The number of esters is 1. The molecule has 2 nitrogen and oxygen atoms in total. The molecule has 0 atom stereocenters. The van der Waals surface area contributed by atoms with Gasteiger partial charge in [-0.2, -0.15) is 0 Å². The molecule has 0 spiro atoms. The van der Waals surface area contributed by atoms with Crippen molar-refractivity contribution in [3.05, 3.63) is 0 Å². The molecule has 0 aromatic heterocycles. The first-order valence-electron chi connectivity index (χ1n) is 4.73. The van der Waals surface area contributed by atoms with Crippen molar-refractivity contribution in [3.8, 4) is 11.8 Å². The molecule has 1 fully saturated rings. The topological polar surface area (TPSA) is 26.3 Å². The summed E-state index contributed by atoms with van der Waals surface area (Å²) in [7, 11) is 1.46. The predicted octanol–water partition coefficient (Wildman–Crippen LogP) is 2.13. The molecular formula is C11H16O2. The Bertz CT molecular complexity index is 239. The first-order valence-corrected chi connectivity index (χ1v) is 4.73. The van der Waals surface area contributed by atoms with E-state index in [4.69, 9.17) is 4.74 Å². The van der Waals surface area contributed by atoms with Gasteiger partial charge in [0.05, 0.1) is 12.5 Å². The molecule has 72 valence electrons. The van der Waals surface area contributed by atoms with E-state index in [0.29, 0.717) is 6.42 Å². The van der Waals surface area contributed by atoms with Crippen LogP contribution in [0.2, 0.25) is 0 Å².